The highest BCUT2D eigenvalue weighted by Crippen LogP contribution is 2.46. The average molecular weight is 1570 g/mol. The molecule has 120 heavy (non-hydrogen) atoms. The maximum atomic E-state index is 7.05. The van der Waals surface area contributed by atoms with Gasteiger partial charge in [0.2, 0.25) is 6.33 Å². The third-order valence-corrected chi connectivity index (χ3v) is 24.1. The second kappa shape index (κ2) is 32.2. The van der Waals surface area contributed by atoms with Crippen molar-refractivity contribution in [2.24, 2.45) is 0 Å². The van der Waals surface area contributed by atoms with Crippen LogP contribution < -0.4 is 9.30 Å². The summed E-state index contributed by atoms with van der Waals surface area (Å²) in [5.74, 6) is 2.94. The fraction of sp³-hybridized carbons (Fsp3) is 0.219. The molecule has 17 aromatic rings. The molecule has 4 aromatic heterocycles. The molecule has 0 atom stereocenters. The smallest absolute Gasteiger partial charge is 0.245 e. The van der Waals surface area contributed by atoms with E-state index in [0.717, 1.165) is 87.8 Å². The Kier molecular flexibility index (Phi) is 21.4. The second-order valence-electron chi connectivity index (χ2n) is 38.0. The molecule has 0 aliphatic rings. The van der Waals surface area contributed by atoms with Crippen molar-refractivity contribution in [1.29, 1.82) is 0 Å². The SMILES string of the molecule is CC(C)(C)c1cc(-c2cc(-c3cc(C(C)(C)C)cc(C(C)(C)C)c3)cc(-c3ccc4c(c3)c3ccc(Oc5ccnc(-n6[c-][n+](CCCCCc7c(-c8cc(-c9ccccc9)cc(-c9ccccc9)c8)cccc7-c7cc(-c8ccccc8)cc(-c8ccccc8)c7)c7ccccc76)c5)cc3n4-c3cc(C(C)(C)C)ccn3)c2)cc(C(C)(C)C)c1. The molecule has 0 bridgehead atoms. The van der Waals surface area contributed by atoms with Gasteiger partial charge in [-0.1, -0.05) is 310 Å². The summed E-state index contributed by atoms with van der Waals surface area (Å²) in [4.78, 5) is 10.2. The lowest BCUT2D eigenvalue weighted by Gasteiger charge is -2.27. The van der Waals surface area contributed by atoms with E-state index >= 15 is 0 Å². The Morgan fingerprint density at radius 1 is 0.283 bits per heavy atom. The average Bonchev–Trinajstić information content (AvgIpc) is 1.58. The van der Waals surface area contributed by atoms with E-state index < -0.39 is 0 Å². The molecule has 0 fully saturated rings. The van der Waals surface area contributed by atoms with Gasteiger partial charge in [0.05, 0.1) is 28.6 Å². The minimum absolute atomic E-state index is 0.0539. The van der Waals surface area contributed by atoms with Crippen LogP contribution in [0, 0.1) is 6.33 Å². The third-order valence-electron chi connectivity index (χ3n) is 24.1. The van der Waals surface area contributed by atoms with Crippen molar-refractivity contribution >= 4 is 32.8 Å². The highest BCUT2D eigenvalue weighted by Gasteiger charge is 2.27. The molecule has 596 valence electrons. The molecule has 4 heterocycles. The molecule has 6 nitrogen and oxygen atoms in total. The molecule has 0 unspecified atom stereocenters. The number of imidazole rings is 1. The van der Waals surface area contributed by atoms with Gasteiger partial charge in [0, 0.05) is 35.3 Å². The number of hydrogen-bond acceptors (Lipinski definition) is 3. The summed E-state index contributed by atoms with van der Waals surface area (Å²) in [6.45, 7) is 35.5. The second-order valence-corrected chi connectivity index (χ2v) is 38.0. The number of pyridine rings is 2. The van der Waals surface area contributed by atoms with E-state index in [4.69, 9.17) is 14.7 Å². The summed E-state index contributed by atoms with van der Waals surface area (Å²) in [6.07, 6.45) is 11.4. The lowest BCUT2D eigenvalue weighted by Crippen LogP contribution is -2.32. The van der Waals surface area contributed by atoms with E-state index in [2.05, 4.69) is 427 Å². The molecular formula is C114H109N5O. The van der Waals surface area contributed by atoms with Crippen molar-refractivity contribution in [3.05, 3.63) is 368 Å². The number of nitrogens with zero attached hydrogens (tertiary/aromatic N) is 5. The van der Waals surface area contributed by atoms with Crippen LogP contribution in [0.25, 0.3) is 145 Å². The molecule has 0 amide bonds. The van der Waals surface area contributed by atoms with Gasteiger partial charge in [-0.05, 0) is 283 Å². The molecule has 0 aliphatic heterocycles. The van der Waals surface area contributed by atoms with Crippen LogP contribution in [0.1, 0.15) is 156 Å². The Morgan fingerprint density at radius 2 is 0.700 bits per heavy atom. The minimum Gasteiger partial charge on any atom is -0.458 e. The molecule has 0 saturated carbocycles. The monoisotopic (exact) mass is 1560 g/mol. The fourth-order valence-corrected chi connectivity index (χ4v) is 17.0. The molecule has 0 radical (unpaired) electrons. The van der Waals surface area contributed by atoms with E-state index in [-0.39, 0.29) is 27.1 Å². The van der Waals surface area contributed by atoms with Crippen molar-refractivity contribution in [3.63, 3.8) is 0 Å². The first kappa shape index (κ1) is 79.7. The summed E-state index contributed by atoms with van der Waals surface area (Å²) in [7, 11) is 0. The van der Waals surface area contributed by atoms with Crippen LogP contribution in [0.15, 0.2) is 328 Å². The summed E-state index contributed by atoms with van der Waals surface area (Å²) in [5.41, 5.74) is 33.3. The predicted molar refractivity (Wildman–Crippen MR) is 505 cm³/mol. The molecule has 6 heteroatoms. The van der Waals surface area contributed by atoms with Crippen LogP contribution in [0.3, 0.4) is 0 Å². The molecule has 17 rings (SSSR count). The van der Waals surface area contributed by atoms with Crippen LogP contribution in [-0.2, 0) is 40.0 Å². The molecule has 0 aliphatic carbocycles. The number of para-hydroxylation sites is 2. The van der Waals surface area contributed by atoms with Crippen LogP contribution in [0.4, 0.5) is 0 Å². The van der Waals surface area contributed by atoms with E-state index in [0.29, 0.717) is 11.5 Å². The standard InChI is InChI=1S/C114H109N5O/c1-110(2,3)92-51-53-116-109(72-92)119-104-50-47-80(85-58-86(88-65-93(111(4,5)6)70-94(66-88)112(7,8)9)60-87(59-85)89-67-95(113(10,11)12)71-96(68-89)114(13,14)15)69-103(104)102-49-48-97(73-107(102)119)120-98-52-54-115-108(74-98)118-75-117(105-45-30-31-46-106(105)118)55-32-20-29-42-101-99(90-61-81(76-34-21-16-22-35-76)56-82(62-90)77-36-23-17-24-37-77)43-33-44-100(101)91-63-83(78-38-25-18-26-39-78)57-84(64-91)79-40-27-19-28-41-79/h16-19,21-28,30-31,33-41,43-54,56-74H,20,29,32,42,55H2,1-15H3. The Morgan fingerprint density at radius 3 is 1.18 bits per heavy atom. The van der Waals surface area contributed by atoms with Gasteiger partial charge in [0.1, 0.15) is 23.1 Å². The number of rotatable bonds is 19. The Balaban J connectivity index is 0.699. The van der Waals surface area contributed by atoms with Gasteiger partial charge in [-0.15, -0.1) is 0 Å². The van der Waals surface area contributed by atoms with Gasteiger partial charge in [-0.3, -0.25) is 9.55 Å². The minimum atomic E-state index is -0.112. The van der Waals surface area contributed by atoms with Crippen molar-refractivity contribution < 1.29 is 9.30 Å². The summed E-state index contributed by atoms with van der Waals surface area (Å²) in [6, 6.07) is 117. The highest BCUT2D eigenvalue weighted by molar-refractivity contribution is 6.11. The number of aryl methyl sites for hydroxylation is 1. The van der Waals surface area contributed by atoms with E-state index in [1.807, 2.05) is 24.5 Å². The molecule has 0 spiro atoms. The normalized spacial score (nSPS) is 12.3. The van der Waals surface area contributed by atoms with E-state index in [9.17, 15) is 0 Å². The number of unbranched alkanes of at least 4 members (excludes halogenated alkanes) is 2. The molecule has 0 N–H and O–H groups in total. The molecule has 0 saturated heterocycles. The van der Waals surface area contributed by atoms with Crippen molar-refractivity contribution in [2.45, 2.75) is 163 Å². The third kappa shape index (κ3) is 16.9. The Labute approximate surface area is 710 Å². The van der Waals surface area contributed by atoms with Gasteiger partial charge in [-0.2, -0.15) is 0 Å². The topological polar surface area (TPSA) is 48.8 Å². The number of hydrogen-bond donors (Lipinski definition) is 0. The number of ether oxygens (including phenoxy) is 1. The van der Waals surface area contributed by atoms with Crippen LogP contribution in [0.5, 0.6) is 11.5 Å². The maximum Gasteiger partial charge on any atom is 0.245 e. The van der Waals surface area contributed by atoms with E-state index in [1.165, 1.54) is 122 Å². The lowest BCUT2D eigenvalue weighted by molar-refractivity contribution is -0.676. The number of fused-ring (bicyclic) bond motifs is 4. The first-order chi connectivity index (χ1) is 57.6. The van der Waals surface area contributed by atoms with Crippen molar-refractivity contribution in [2.75, 3.05) is 0 Å². The Bertz CT molecular complexity index is 6230. The van der Waals surface area contributed by atoms with Gasteiger partial charge in [0.15, 0.2) is 0 Å². The van der Waals surface area contributed by atoms with Crippen molar-refractivity contribution in [3.8, 4) is 123 Å². The van der Waals surface area contributed by atoms with Crippen LogP contribution in [-0.4, -0.2) is 19.1 Å². The van der Waals surface area contributed by atoms with Gasteiger partial charge in [-0.25, -0.2) is 4.98 Å². The van der Waals surface area contributed by atoms with Gasteiger partial charge in [0.25, 0.3) is 0 Å². The summed E-state index contributed by atoms with van der Waals surface area (Å²) >= 11 is 0. The fourth-order valence-electron chi connectivity index (χ4n) is 17.0. The largest absolute Gasteiger partial charge is 0.458 e. The van der Waals surface area contributed by atoms with Gasteiger partial charge >= 0.3 is 0 Å². The Hall–Kier alpha value is -12.8. The first-order valence-corrected chi connectivity index (χ1v) is 42.8. The van der Waals surface area contributed by atoms with Gasteiger partial charge < -0.3 is 13.9 Å². The summed E-state index contributed by atoms with van der Waals surface area (Å²) < 4.78 is 13.7. The number of benzene rings is 13. The maximum absolute atomic E-state index is 7.05. The summed E-state index contributed by atoms with van der Waals surface area (Å²) in [5, 5.41) is 2.23. The zero-order valence-corrected chi connectivity index (χ0v) is 72.4. The quantitative estimate of drug-likeness (QED) is 0.0460. The van der Waals surface area contributed by atoms with Crippen LogP contribution >= 0.6 is 0 Å². The van der Waals surface area contributed by atoms with E-state index in [1.54, 1.807) is 0 Å². The lowest BCUT2D eigenvalue weighted by atomic mass is 9.78. The van der Waals surface area contributed by atoms with Crippen molar-refractivity contribution in [1.82, 2.24) is 19.1 Å². The zero-order valence-electron chi connectivity index (χ0n) is 72.4. The highest BCUT2D eigenvalue weighted by atomic mass is 16.5. The number of aromatic nitrogens is 5. The van der Waals surface area contributed by atoms with Crippen LogP contribution in [0.2, 0.25) is 0 Å². The molecule has 13 aromatic carbocycles. The predicted octanol–water partition coefficient (Wildman–Crippen LogP) is 30.3. The molecular weight excluding hydrogens is 1460 g/mol. The first-order valence-electron chi connectivity index (χ1n) is 42.8. The zero-order chi connectivity index (χ0) is 83.4.